The molecule has 2 aliphatic rings. The largest absolute Gasteiger partial charge is 0.609 e. The standard InChI is InChI=1S/C25H26ClFN6OS/c1-31-12-13-33(14-17(31)8-10-28)24-18-9-11-32(15-20(18)29-25(30-24)35(2)34)21-5-3-4-16-6-7-19(27)23(26)22(16)21/h3-7,17H,8-9,11-15H2,1-2H3/t17-,35?/m0/s1. The monoisotopic (exact) mass is 512 g/mol. The van der Waals surface area contributed by atoms with Crippen LogP contribution in [0, 0.1) is 17.1 Å². The second kappa shape index (κ2) is 9.78. The van der Waals surface area contributed by atoms with Crippen molar-refractivity contribution in [2.75, 3.05) is 49.3 Å². The van der Waals surface area contributed by atoms with E-state index < -0.39 is 17.0 Å². The van der Waals surface area contributed by atoms with Crippen molar-refractivity contribution >= 4 is 45.1 Å². The van der Waals surface area contributed by atoms with Gasteiger partial charge in [0, 0.05) is 60.0 Å². The minimum atomic E-state index is -1.35. The van der Waals surface area contributed by atoms with Gasteiger partial charge in [-0.05, 0) is 31.0 Å². The predicted octanol–water partition coefficient (Wildman–Crippen LogP) is 3.76. The van der Waals surface area contributed by atoms with Crippen molar-refractivity contribution in [3.05, 3.63) is 52.4 Å². The van der Waals surface area contributed by atoms with Crippen molar-refractivity contribution in [2.24, 2.45) is 0 Å². The number of fused-ring (bicyclic) bond motifs is 2. The SMILES string of the molecule is CN1CCN(c2nc([S+](C)[O-])nc3c2CCN(c2cccc4ccc(F)c(Cl)c24)C3)C[C@@H]1CC#N. The summed E-state index contributed by atoms with van der Waals surface area (Å²) in [7, 11) is 2.04. The summed E-state index contributed by atoms with van der Waals surface area (Å²) in [6.45, 7) is 3.46. The maximum absolute atomic E-state index is 14.3. The molecule has 3 heterocycles. The Morgan fingerprint density at radius 1 is 1.20 bits per heavy atom. The van der Waals surface area contributed by atoms with E-state index in [1.807, 2.05) is 25.2 Å². The molecule has 1 fully saturated rings. The fourth-order valence-corrected chi connectivity index (χ4v) is 5.73. The second-order valence-electron chi connectivity index (χ2n) is 9.06. The highest BCUT2D eigenvalue weighted by Gasteiger charge is 2.32. The molecule has 0 spiro atoms. The molecule has 5 rings (SSSR count). The molecule has 2 atom stereocenters. The zero-order valence-corrected chi connectivity index (χ0v) is 21.2. The average Bonchev–Trinajstić information content (AvgIpc) is 2.86. The molecule has 1 unspecified atom stereocenters. The molecule has 35 heavy (non-hydrogen) atoms. The third kappa shape index (κ3) is 4.52. The number of halogens is 2. The lowest BCUT2D eigenvalue weighted by molar-refractivity contribution is 0.220. The molecule has 0 radical (unpaired) electrons. The Kier molecular flexibility index (Phi) is 6.73. The number of nitriles is 1. The fraction of sp³-hybridized carbons (Fsp3) is 0.400. The number of aromatic nitrogens is 2. The van der Waals surface area contributed by atoms with Gasteiger partial charge < -0.3 is 14.4 Å². The maximum Gasteiger partial charge on any atom is 0.344 e. The van der Waals surface area contributed by atoms with Gasteiger partial charge in [0.1, 0.15) is 17.9 Å². The van der Waals surface area contributed by atoms with E-state index in [0.29, 0.717) is 43.0 Å². The first-order chi connectivity index (χ1) is 16.9. The molecule has 10 heteroatoms. The minimum absolute atomic E-state index is 0.114. The number of rotatable bonds is 4. The van der Waals surface area contributed by atoms with Gasteiger partial charge in [0.2, 0.25) is 0 Å². The first-order valence-corrected chi connectivity index (χ1v) is 13.5. The van der Waals surface area contributed by atoms with E-state index in [1.54, 1.807) is 12.3 Å². The van der Waals surface area contributed by atoms with Crippen LogP contribution in [0.1, 0.15) is 17.7 Å². The van der Waals surface area contributed by atoms with E-state index in [2.05, 4.69) is 25.8 Å². The number of likely N-dealkylation sites (N-methyl/N-ethyl adjacent to an activating group) is 1. The maximum atomic E-state index is 14.3. The van der Waals surface area contributed by atoms with Crippen LogP contribution >= 0.6 is 11.6 Å². The van der Waals surface area contributed by atoms with Crippen LogP contribution in [0.4, 0.5) is 15.9 Å². The van der Waals surface area contributed by atoms with E-state index in [1.165, 1.54) is 6.07 Å². The van der Waals surface area contributed by atoms with Crippen LogP contribution in [0.5, 0.6) is 0 Å². The molecule has 0 saturated carbocycles. The predicted molar refractivity (Wildman–Crippen MR) is 137 cm³/mol. The van der Waals surface area contributed by atoms with E-state index in [-0.39, 0.29) is 11.1 Å². The summed E-state index contributed by atoms with van der Waals surface area (Å²) in [5.74, 6) is 0.372. The minimum Gasteiger partial charge on any atom is -0.609 e. The average molecular weight is 513 g/mol. The lowest BCUT2D eigenvalue weighted by atomic mass is 10.0. The van der Waals surface area contributed by atoms with Crippen LogP contribution in [-0.2, 0) is 24.1 Å². The smallest absolute Gasteiger partial charge is 0.344 e. The molecule has 182 valence electrons. The van der Waals surface area contributed by atoms with E-state index in [4.69, 9.17) is 16.6 Å². The number of benzene rings is 2. The summed E-state index contributed by atoms with van der Waals surface area (Å²) < 4.78 is 26.8. The molecular weight excluding hydrogens is 487 g/mol. The van der Waals surface area contributed by atoms with Gasteiger partial charge in [-0.3, -0.25) is 4.90 Å². The summed E-state index contributed by atoms with van der Waals surface area (Å²) in [6.07, 6.45) is 2.72. The summed E-state index contributed by atoms with van der Waals surface area (Å²) in [4.78, 5) is 16.0. The Morgan fingerprint density at radius 2 is 2.03 bits per heavy atom. The third-order valence-corrected chi connectivity index (χ3v) is 8.00. The highest BCUT2D eigenvalue weighted by Crippen LogP contribution is 2.38. The van der Waals surface area contributed by atoms with Crippen LogP contribution in [-0.4, -0.2) is 64.9 Å². The molecule has 1 aromatic heterocycles. The van der Waals surface area contributed by atoms with Crippen LogP contribution in [0.2, 0.25) is 5.02 Å². The zero-order valence-electron chi connectivity index (χ0n) is 19.7. The van der Waals surface area contributed by atoms with E-state index in [0.717, 1.165) is 41.2 Å². The summed E-state index contributed by atoms with van der Waals surface area (Å²) in [5.41, 5.74) is 2.73. The first-order valence-electron chi connectivity index (χ1n) is 11.5. The van der Waals surface area contributed by atoms with Gasteiger partial charge in [0.05, 0.1) is 29.8 Å². The van der Waals surface area contributed by atoms with Gasteiger partial charge >= 0.3 is 5.16 Å². The summed E-state index contributed by atoms with van der Waals surface area (Å²) in [6, 6.07) is 11.3. The van der Waals surface area contributed by atoms with Crippen LogP contribution < -0.4 is 9.80 Å². The lowest BCUT2D eigenvalue weighted by Gasteiger charge is -2.41. The second-order valence-corrected chi connectivity index (χ2v) is 10.7. The van der Waals surface area contributed by atoms with Crippen LogP contribution in [0.15, 0.2) is 35.5 Å². The quantitative estimate of drug-likeness (QED) is 0.389. The molecule has 0 bridgehead atoms. The Labute approximate surface area is 212 Å². The first kappa shape index (κ1) is 24.1. The van der Waals surface area contributed by atoms with Crippen molar-refractivity contribution in [1.82, 2.24) is 14.9 Å². The molecular formula is C25H26ClFN6OS. The molecule has 3 aromatic rings. The van der Waals surface area contributed by atoms with E-state index >= 15 is 0 Å². The van der Waals surface area contributed by atoms with Gasteiger partial charge in [-0.1, -0.05) is 29.8 Å². The number of hydrogen-bond donors (Lipinski definition) is 0. The molecule has 2 aliphatic heterocycles. The molecule has 1 saturated heterocycles. The normalized spacial score (nSPS) is 19.5. The topological polar surface area (TPSA) is 82.3 Å². The van der Waals surface area contributed by atoms with E-state index in [9.17, 15) is 14.2 Å². The molecule has 2 aromatic carbocycles. The Bertz CT molecular complexity index is 1320. The summed E-state index contributed by atoms with van der Waals surface area (Å²) >= 11 is 5.05. The van der Waals surface area contributed by atoms with Crippen molar-refractivity contribution < 1.29 is 8.94 Å². The Balaban J connectivity index is 1.54. The number of piperazine rings is 1. The summed E-state index contributed by atoms with van der Waals surface area (Å²) in [5, 5.41) is 11.2. The van der Waals surface area contributed by atoms with Crippen molar-refractivity contribution in [3.8, 4) is 6.07 Å². The van der Waals surface area contributed by atoms with Crippen molar-refractivity contribution in [2.45, 2.75) is 30.6 Å². The Hall–Kier alpha value is -2.64. The number of anilines is 2. The van der Waals surface area contributed by atoms with Crippen LogP contribution in [0.3, 0.4) is 0 Å². The van der Waals surface area contributed by atoms with Gasteiger partial charge in [-0.25, -0.2) is 4.39 Å². The Morgan fingerprint density at radius 3 is 2.80 bits per heavy atom. The highest BCUT2D eigenvalue weighted by atomic mass is 35.5. The van der Waals surface area contributed by atoms with Gasteiger partial charge in [0.15, 0.2) is 0 Å². The highest BCUT2D eigenvalue weighted by molar-refractivity contribution is 7.90. The van der Waals surface area contributed by atoms with Gasteiger partial charge in [-0.15, -0.1) is 0 Å². The number of nitrogens with zero attached hydrogens (tertiary/aromatic N) is 6. The molecule has 0 amide bonds. The van der Waals surface area contributed by atoms with Crippen LogP contribution in [0.25, 0.3) is 10.8 Å². The fourth-order valence-electron chi connectivity index (χ4n) is 5.00. The third-order valence-electron chi connectivity index (χ3n) is 6.94. The van der Waals surface area contributed by atoms with Crippen molar-refractivity contribution in [1.29, 1.82) is 5.26 Å². The van der Waals surface area contributed by atoms with Crippen molar-refractivity contribution in [3.63, 3.8) is 0 Å². The number of hydrogen-bond acceptors (Lipinski definition) is 7. The zero-order chi connectivity index (χ0) is 24.7. The molecule has 7 nitrogen and oxygen atoms in total. The lowest BCUT2D eigenvalue weighted by Crippen LogP contribution is -2.52. The van der Waals surface area contributed by atoms with Gasteiger partial charge in [0.25, 0.3) is 0 Å². The molecule has 0 N–H and O–H groups in total. The molecule has 0 aliphatic carbocycles. The van der Waals surface area contributed by atoms with Gasteiger partial charge in [-0.2, -0.15) is 15.2 Å².